The Labute approximate surface area is 171 Å². The number of ether oxygens (including phenoxy) is 1. The molecule has 26 heavy (non-hydrogen) atoms. The molecule has 1 heterocycles. The Kier molecular flexibility index (Phi) is 10.3. The first-order chi connectivity index (χ1) is 12.1. The highest BCUT2D eigenvalue weighted by atomic mass is 127. The van der Waals surface area contributed by atoms with Crippen LogP contribution in [0.4, 0.5) is 4.39 Å². The van der Waals surface area contributed by atoms with Crippen LogP contribution in [0, 0.1) is 11.7 Å². The fraction of sp³-hybridized carbons (Fsp3) is 0.556. The van der Waals surface area contributed by atoms with Gasteiger partial charge in [0.2, 0.25) is 5.91 Å². The number of guanidine groups is 1. The Hall–Kier alpha value is -1.58. The fourth-order valence-corrected chi connectivity index (χ4v) is 3.01. The van der Waals surface area contributed by atoms with E-state index in [0.29, 0.717) is 25.3 Å². The average Bonchev–Trinajstić information content (AvgIpc) is 2.57. The van der Waals surface area contributed by atoms with Crippen molar-refractivity contribution in [3.05, 3.63) is 30.1 Å². The summed E-state index contributed by atoms with van der Waals surface area (Å²) in [5.41, 5.74) is 5.32. The van der Waals surface area contributed by atoms with Crippen LogP contribution in [0.5, 0.6) is 5.75 Å². The molecule has 0 aromatic heterocycles. The molecule has 0 saturated carbocycles. The van der Waals surface area contributed by atoms with Crippen LogP contribution in [0.15, 0.2) is 29.3 Å². The Morgan fingerprint density at radius 2 is 2.31 bits per heavy atom. The summed E-state index contributed by atoms with van der Waals surface area (Å²) in [6, 6.07) is 6.07. The number of aliphatic imine (C=N–C) groups is 1. The summed E-state index contributed by atoms with van der Waals surface area (Å²) in [5.74, 6) is 1.03. The molecule has 8 heteroatoms. The van der Waals surface area contributed by atoms with Gasteiger partial charge < -0.3 is 20.7 Å². The number of halogens is 2. The van der Waals surface area contributed by atoms with Crippen LogP contribution in [-0.4, -0.2) is 49.6 Å². The number of nitrogens with zero attached hydrogens (tertiary/aromatic N) is 2. The van der Waals surface area contributed by atoms with E-state index in [0.717, 1.165) is 38.4 Å². The molecular weight excluding hydrogens is 450 g/mol. The van der Waals surface area contributed by atoms with Crippen molar-refractivity contribution in [2.24, 2.45) is 16.6 Å². The maximum Gasteiger partial charge on any atom is 0.217 e. The van der Waals surface area contributed by atoms with E-state index in [1.807, 2.05) is 6.92 Å². The van der Waals surface area contributed by atoms with Crippen LogP contribution >= 0.6 is 24.0 Å². The van der Waals surface area contributed by atoms with E-state index in [1.165, 1.54) is 12.1 Å². The van der Waals surface area contributed by atoms with Gasteiger partial charge in [0, 0.05) is 32.1 Å². The van der Waals surface area contributed by atoms with Crippen molar-refractivity contribution in [1.29, 1.82) is 0 Å². The number of hydrogen-bond donors (Lipinski definition) is 2. The van der Waals surface area contributed by atoms with Crippen LogP contribution in [0.3, 0.4) is 0 Å². The quantitative estimate of drug-likeness (QED) is 0.273. The lowest BCUT2D eigenvalue weighted by molar-refractivity contribution is -0.119. The Bertz CT molecular complexity index is 600. The van der Waals surface area contributed by atoms with Crippen molar-refractivity contribution in [2.75, 3.05) is 32.8 Å². The number of amides is 1. The molecule has 1 aliphatic heterocycles. The van der Waals surface area contributed by atoms with Crippen LogP contribution in [0.2, 0.25) is 0 Å². The molecular formula is C18H28FIN4O2. The zero-order valence-corrected chi connectivity index (χ0v) is 17.4. The molecule has 1 fully saturated rings. The predicted molar refractivity (Wildman–Crippen MR) is 111 cm³/mol. The number of rotatable bonds is 7. The number of primary amides is 1. The van der Waals surface area contributed by atoms with Gasteiger partial charge in [0.1, 0.15) is 18.2 Å². The first-order valence-electron chi connectivity index (χ1n) is 8.78. The van der Waals surface area contributed by atoms with E-state index in [2.05, 4.69) is 15.2 Å². The third kappa shape index (κ3) is 7.76. The summed E-state index contributed by atoms with van der Waals surface area (Å²) >= 11 is 0. The third-order valence-corrected chi connectivity index (χ3v) is 4.06. The number of benzene rings is 1. The van der Waals surface area contributed by atoms with Crippen molar-refractivity contribution < 1.29 is 13.9 Å². The zero-order chi connectivity index (χ0) is 18.1. The number of carbonyl (C=O) groups excluding carboxylic acids is 1. The molecule has 1 amide bonds. The molecule has 146 valence electrons. The second kappa shape index (κ2) is 11.9. The van der Waals surface area contributed by atoms with Gasteiger partial charge in [-0.25, -0.2) is 9.38 Å². The van der Waals surface area contributed by atoms with Gasteiger partial charge >= 0.3 is 0 Å². The van der Waals surface area contributed by atoms with Crippen LogP contribution < -0.4 is 15.8 Å². The van der Waals surface area contributed by atoms with E-state index in [4.69, 9.17) is 10.5 Å². The van der Waals surface area contributed by atoms with Crippen LogP contribution in [0.25, 0.3) is 0 Å². The standard InChI is InChI=1S/C18H27FN4O2.HI/c1-2-21-18(23-9-4-5-14(13-23)11-17(20)24)22-8-10-25-16-7-3-6-15(19)12-16;/h3,6-7,12,14H,2,4-5,8-11,13H2,1H3,(H2,20,24)(H,21,22);1H. The minimum Gasteiger partial charge on any atom is -0.492 e. The second-order valence-electron chi connectivity index (χ2n) is 6.17. The Morgan fingerprint density at radius 3 is 3.00 bits per heavy atom. The van der Waals surface area contributed by atoms with E-state index in [1.54, 1.807) is 12.1 Å². The third-order valence-electron chi connectivity index (χ3n) is 4.06. The highest BCUT2D eigenvalue weighted by molar-refractivity contribution is 14.0. The summed E-state index contributed by atoms with van der Waals surface area (Å²) in [6.07, 6.45) is 2.45. The lowest BCUT2D eigenvalue weighted by Crippen LogP contribution is -2.47. The molecule has 2 rings (SSSR count). The minimum absolute atomic E-state index is 0. The highest BCUT2D eigenvalue weighted by Gasteiger charge is 2.23. The summed E-state index contributed by atoms with van der Waals surface area (Å²) in [5, 5.41) is 3.28. The first kappa shape index (κ1) is 22.5. The summed E-state index contributed by atoms with van der Waals surface area (Å²) < 4.78 is 18.6. The molecule has 1 saturated heterocycles. The number of nitrogens with two attached hydrogens (primary N) is 1. The zero-order valence-electron chi connectivity index (χ0n) is 15.1. The lowest BCUT2D eigenvalue weighted by atomic mass is 9.95. The van der Waals surface area contributed by atoms with Gasteiger partial charge in [0.15, 0.2) is 5.96 Å². The van der Waals surface area contributed by atoms with Crippen molar-refractivity contribution >= 4 is 35.8 Å². The first-order valence-corrected chi connectivity index (χ1v) is 8.78. The lowest BCUT2D eigenvalue weighted by Gasteiger charge is -2.34. The fourth-order valence-electron chi connectivity index (χ4n) is 3.01. The molecule has 6 nitrogen and oxygen atoms in total. The van der Waals surface area contributed by atoms with E-state index >= 15 is 0 Å². The van der Waals surface area contributed by atoms with Gasteiger partial charge in [0.25, 0.3) is 0 Å². The van der Waals surface area contributed by atoms with E-state index in [-0.39, 0.29) is 41.6 Å². The topological polar surface area (TPSA) is 80.0 Å². The van der Waals surface area contributed by atoms with Gasteiger partial charge in [-0.3, -0.25) is 4.79 Å². The number of nitrogens with one attached hydrogen (secondary N) is 1. The predicted octanol–water partition coefficient (Wildman–Crippen LogP) is 2.38. The second-order valence-corrected chi connectivity index (χ2v) is 6.17. The van der Waals surface area contributed by atoms with Crippen molar-refractivity contribution in [3.63, 3.8) is 0 Å². The Morgan fingerprint density at radius 1 is 1.50 bits per heavy atom. The van der Waals surface area contributed by atoms with Crippen molar-refractivity contribution in [3.8, 4) is 5.75 Å². The largest absolute Gasteiger partial charge is 0.492 e. The average molecular weight is 478 g/mol. The maximum atomic E-state index is 13.1. The highest BCUT2D eigenvalue weighted by Crippen LogP contribution is 2.19. The number of likely N-dealkylation sites (tertiary alicyclic amines) is 1. The molecule has 1 aliphatic rings. The Balaban J connectivity index is 0.00000338. The molecule has 1 atom stereocenters. The van der Waals surface area contributed by atoms with Gasteiger partial charge in [0.05, 0.1) is 6.54 Å². The molecule has 0 bridgehead atoms. The van der Waals surface area contributed by atoms with Crippen molar-refractivity contribution in [2.45, 2.75) is 26.2 Å². The van der Waals surface area contributed by atoms with Crippen molar-refractivity contribution in [1.82, 2.24) is 10.2 Å². The van der Waals surface area contributed by atoms with Crippen LogP contribution in [0.1, 0.15) is 26.2 Å². The summed E-state index contributed by atoms with van der Waals surface area (Å²) in [7, 11) is 0. The molecule has 0 radical (unpaired) electrons. The smallest absolute Gasteiger partial charge is 0.217 e. The number of piperidine rings is 1. The van der Waals surface area contributed by atoms with E-state index < -0.39 is 0 Å². The monoisotopic (exact) mass is 478 g/mol. The SMILES string of the molecule is CCNC(=NCCOc1cccc(F)c1)N1CCCC(CC(N)=O)C1.I. The summed E-state index contributed by atoms with van der Waals surface area (Å²) in [6.45, 7) is 5.31. The molecule has 1 unspecified atom stereocenters. The van der Waals surface area contributed by atoms with Crippen LogP contribution in [-0.2, 0) is 4.79 Å². The molecule has 1 aromatic carbocycles. The number of hydrogen-bond acceptors (Lipinski definition) is 3. The van der Waals surface area contributed by atoms with Gasteiger partial charge in [-0.05, 0) is 37.8 Å². The normalized spacial score (nSPS) is 17.4. The van der Waals surface area contributed by atoms with Gasteiger partial charge in [-0.2, -0.15) is 0 Å². The number of carbonyl (C=O) groups is 1. The maximum absolute atomic E-state index is 13.1. The molecule has 3 N–H and O–H groups in total. The van der Waals surface area contributed by atoms with E-state index in [9.17, 15) is 9.18 Å². The van der Waals surface area contributed by atoms with Gasteiger partial charge in [-0.15, -0.1) is 24.0 Å². The molecule has 1 aromatic rings. The summed E-state index contributed by atoms with van der Waals surface area (Å²) in [4.78, 5) is 17.9. The molecule has 0 spiro atoms. The van der Waals surface area contributed by atoms with Gasteiger partial charge in [-0.1, -0.05) is 6.07 Å². The molecule has 0 aliphatic carbocycles. The minimum atomic E-state index is -0.317.